The highest BCUT2D eigenvalue weighted by Crippen LogP contribution is 2.36. The third kappa shape index (κ3) is 2.49. The first-order valence-electron chi connectivity index (χ1n) is 6.85. The third-order valence-electron chi connectivity index (χ3n) is 3.88. The zero-order chi connectivity index (χ0) is 13.3. The number of allylic oxidation sites excluding steroid dienone is 1. The van der Waals surface area contributed by atoms with Crippen molar-refractivity contribution in [2.45, 2.75) is 25.7 Å². The SMILES string of the molecule is CC(C)(CC1=Cc2ccccc2[CH]1)c1ccccc1. The van der Waals surface area contributed by atoms with Crippen LogP contribution in [0.25, 0.3) is 6.08 Å². The van der Waals surface area contributed by atoms with Gasteiger partial charge in [-0.25, -0.2) is 0 Å². The molecule has 19 heavy (non-hydrogen) atoms. The lowest BCUT2D eigenvalue weighted by atomic mass is 9.79. The van der Waals surface area contributed by atoms with Crippen molar-refractivity contribution in [1.82, 2.24) is 0 Å². The molecule has 0 fully saturated rings. The predicted octanol–water partition coefficient (Wildman–Crippen LogP) is 5.00. The van der Waals surface area contributed by atoms with Crippen molar-refractivity contribution in [2.75, 3.05) is 0 Å². The topological polar surface area (TPSA) is 0 Å². The van der Waals surface area contributed by atoms with Crippen LogP contribution in [0.1, 0.15) is 37.0 Å². The lowest BCUT2D eigenvalue weighted by Crippen LogP contribution is -2.17. The van der Waals surface area contributed by atoms with Gasteiger partial charge in [0.1, 0.15) is 0 Å². The minimum Gasteiger partial charge on any atom is -0.0622 e. The Morgan fingerprint density at radius 3 is 2.11 bits per heavy atom. The molecule has 0 N–H and O–H groups in total. The first-order valence-corrected chi connectivity index (χ1v) is 6.85. The van der Waals surface area contributed by atoms with Crippen LogP contribution in [0.15, 0.2) is 60.2 Å². The molecular formula is C19H19. The summed E-state index contributed by atoms with van der Waals surface area (Å²) in [5.74, 6) is 0. The Morgan fingerprint density at radius 1 is 0.789 bits per heavy atom. The van der Waals surface area contributed by atoms with E-state index in [-0.39, 0.29) is 5.41 Å². The zero-order valence-electron chi connectivity index (χ0n) is 11.6. The van der Waals surface area contributed by atoms with E-state index >= 15 is 0 Å². The molecule has 0 spiro atoms. The van der Waals surface area contributed by atoms with Gasteiger partial charge >= 0.3 is 0 Å². The lowest BCUT2D eigenvalue weighted by Gasteiger charge is -2.26. The fraction of sp³-hybridized carbons (Fsp3) is 0.211. The maximum absolute atomic E-state index is 2.32. The second-order valence-corrected chi connectivity index (χ2v) is 5.92. The molecule has 3 rings (SSSR count). The fourth-order valence-electron chi connectivity index (χ4n) is 2.82. The van der Waals surface area contributed by atoms with Crippen LogP contribution in [0.5, 0.6) is 0 Å². The van der Waals surface area contributed by atoms with Crippen molar-refractivity contribution in [3.05, 3.63) is 83.3 Å². The Bertz CT molecular complexity index is 603. The Morgan fingerprint density at radius 2 is 1.42 bits per heavy atom. The molecule has 0 amide bonds. The summed E-state index contributed by atoms with van der Waals surface area (Å²) in [6, 6.07) is 19.4. The summed E-state index contributed by atoms with van der Waals surface area (Å²) in [7, 11) is 0. The van der Waals surface area contributed by atoms with Crippen LogP contribution in [-0.4, -0.2) is 0 Å². The second kappa shape index (κ2) is 4.70. The molecule has 0 aromatic heterocycles. The van der Waals surface area contributed by atoms with Crippen LogP contribution >= 0.6 is 0 Å². The van der Waals surface area contributed by atoms with E-state index in [0.29, 0.717) is 0 Å². The van der Waals surface area contributed by atoms with Crippen molar-refractivity contribution in [3.63, 3.8) is 0 Å². The maximum Gasteiger partial charge on any atom is 0.0164 e. The van der Waals surface area contributed by atoms with E-state index in [0.717, 1.165) is 6.42 Å². The Kier molecular flexibility index (Phi) is 3.02. The minimum absolute atomic E-state index is 0.172. The number of hydrogen-bond acceptors (Lipinski definition) is 0. The van der Waals surface area contributed by atoms with Crippen molar-refractivity contribution in [1.29, 1.82) is 0 Å². The van der Waals surface area contributed by atoms with Gasteiger partial charge < -0.3 is 0 Å². The summed E-state index contributed by atoms with van der Waals surface area (Å²) in [5.41, 5.74) is 5.70. The van der Waals surface area contributed by atoms with Gasteiger partial charge in [0.25, 0.3) is 0 Å². The normalized spacial score (nSPS) is 14.1. The molecule has 95 valence electrons. The summed E-state index contributed by atoms with van der Waals surface area (Å²) in [4.78, 5) is 0. The number of hydrogen-bond donors (Lipinski definition) is 0. The smallest absolute Gasteiger partial charge is 0.0164 e. The van der Waals surface area contributed by atoms with Gasteiger partial charge in [-0.15, -0.1) is 0 Å². The summed E-state index contributed by atoms with van der Waals surface area (Å²) in [6.07, 6.45) is 5.71. The average Bonchev–Trinajstić information content (AvgIpc) is 2.81. The summed E-state index contributed by atoms with van der Waals surface area (Å²) in [5, 5.41) is 0. The van der Waals surface area contributed by atoms with Gasteiger partial charge in [0.15, 0.2) is 0 Å². The van der Waals surface area contributed by atoms with E-state index in [9.17, 15) is 0 Å². The number of fused-ring (bicyclic) bond motifs is 1. The van der Waals surface area contributed by atoms with Gasteiger partial charge in [-0.05, 0) is 28.5 Å². The standard InChI is InChI=1S/C19H19/c1-19(2,18-10-4-3-5-11-18)14-15-12-16-8-6-7-9-17(16)13-15/h3-13H,14H2,1-2H3. The van der Waals surface area contributed by atoms with E-state index in [1.807, 2.05) is 0 Å². The number of rotatable bonds is 3. The van der Waals surface area contributed by atoms with Gasteiger partial charge in [0, 0.05) is 6.42 Å². The van der Waals surface area contributed by atoms with Gasteiger partial charge in [-0.1, -0.05) is 80.1 Å². The molecule has 0 bridgehead atoms. The first-order chi connectivity index (χ1) is 9.15. The van der Waals surface area contributed by atoms with Gasteiger partial charge in [0.2, 0.25) is 0 Å². The number of benzene rings is 2. The van der Waals surface area contributed by atoms with Crippen molar-refractivity contribution >= 4 is 6.08 Å². The fourth-order valence-corrected chi connectivity index (χ4v) is 2.82. The predicted molar refractivity (Wildman–Crippen MR) is 81.9 cm³/mol. The van der Waals surface area contributed by atoms with Crippen LogP contribution < -0.4 is 0 Å². The molecule has 0 saturated heterocycles. The molecule has 1 aliphatic carbocycles. The van der Waals surface area contributed by atoms with E-state index in [1.165, 1.54) is 22.3 Å². The molecular weight excluding hydrogens is 228 g/mol. The summed E-state index contributed by atoms with van der Waals surface area (Å²) < 4.78 is 0. The molecule has 0 heteroatoms. The summed E-state index contributed by atoms with van der Waals surface area (Å²) in [6.45, 7) is 4.64. The van der Waals surface area contributed by atoms with Crippen molar-refractivity contribution in [3.8, 4) is 0 Å². The van der Waals surface area contributed by atoms with Crippen LogP contribution in [0.2, 0.25) is 0 Å². The molecule has 1 aliphatic rings. The van der Waals surface area contributed by atoms with E-state index in [4.69, 9.17) is 0 Å². The minimum atomic E-state index is 0.172. The molecule has 0 nitrogen and oxygen atoms in total. The first kappa shape index (κ1) is 12.2. The van der Waals surface area contributed by atoms with E-state index < -0.39 is 0 Å². The molecule has 2 aromatic carbocycles. The van der Waals surface area contributed by atoms with Gasteiger partial charge in [-0.3, -0.25) is 0 Å². The molecule has 1 radical (unpaired) electrons. The molecule has 0 unspecified atom stereocenters. The van der Waals surface area contributed by atoms with Gasteiger partial charge in [0.05, 0.1) is 0 Å². The highest BCUT2D eigenvalue weighted by atomic mass is 14.3. The van der Waals surface area contributed by atoms with Crippen molar-refractivity contribution in [2.24, 2.45) is 0 Å². The zero-order valence-corrected chi connectivity index (χ0v) is 11.6. The Hall–Kier alpha value is -1.82. The molecule has 0 saturated carbocycles. The molecule has 0 aliphatic heterocycles. The highest BCUT2D eigenvalue weighted by Gasteiger charge is 2.24. The van der Waals surface area contributed by atoms with E-state index in [1.54, 1.807) is 0 Å². The second-order valence-electron chi connectivity index (χ2n) is 5.92. The van der Waals surface area contributed by atoms with Crippen molar-refractivity contribution < 1.29 is 0 Å². The monoisotopic (exact) mass is 247 g/mol. The molecule has 2 aromatic rings. The van der Waals surface area contributed by atoms with Crippen LogP contribution in [0.3, 0.4) is 0 Å². The summed E-state index contributed by atoms with van der Waals surface area (Å²) >= 11 is 0. The third-order valence-corrected chi connectivity index (χ3v) is 3.88. The quantitative estimate of drug-likeness (QED) is 0.715. The maximum atomic E-state index is 2.32. The average molecular weight is 247 g/mol. The lowest BCUT2D eigenvalue weighted by molar-refractivity contribution is 0.524. The van der Waals surface area contributed by atoms with Crippen LogP contribution in [-0.2, 0) is 5.41 Å². The van der Waals surface area contributed by atoms with E-state index in [2.05, 4.69) is 80.9 Å². The van der Waals surface area contributed by atoms with Crippen LogP contribution in [0.4, 0.5) is 0 Å². The Balaban J connectivity index is 1.81. The highest BCUT2D eigenvalue weighted by molar-refractivity contribution is 5.69. The Labute approximate surface area is 115 Å². The largest absolute Gasteiger partial charge is 0.0622 e. The van der Waals surface area contributed by atoms with Crippen LogP contribution in [0, 0.1) is 6.42 Å². The molecule has 0 atom stereocenters. The van der Waals surface area contributed by atoms with Gasteiger partial charge in [-0.2, -0.15) is 0 Å². The molecule has 0 heterocycles.